The fourth-order valence-electron chi connectivity index (χ4n) is 2.17. The topological polar surface area (TPSA) is 31.2 Å². The summed E-state index contributed by atoms with van der Waals surface area (Å²) in [6.07, 6.45) is 3.68. The number of ether oxygens (including phenoxy) is 1. The summed E-state index contributed by atoms with van der Waals surface area (Å²) in [7, 11) is 0. The van der Waals surface area contributed by atoms with Crippen LogP contribution in [0.2, 0.25) is 0 Å². The van der Waals surface area contributed by atoms with Crippen molar-refractivity contribution in [2.24, 2.45) is 0 Å². The van der Waals surface area contributed by atoms with Gasteiger partial charge in [0.15, 0.2) is 6.29 Å². The Hall–Kier alpha value is -2.03. The monoisotopic (exact) mass is 257 g/mol. The summed E-state index contributed by atoms with van der Waals surface area (Å²) in [5.74, 6) is 0.977. The van der Waals surface area contributed by atoms with E-state index in [1.165, 1.54) is 0 Å². The average Bonchev–Trinajstić information content (AvgIpc) is 2.84. The molecule has 1 heterocycles. The van der Waals surface area contributed by atoms with Crippen LogP contribution in [0.1, 0.15) is 28.0 Å². The Morgan fingerprint density at radius 3 is 2.58 bits per heavy atom. The zero-order valence-corrected chi connectivity index (χ0v) is 11.4. The number of benzene rings is 1. The molecule has 100 valence electrons. The lowest BCUT2D eigenvalue weighted by Crippen LogP contribution is -2.07. The molecule has 3 heteroatoms. The Labute approximate surface area is 113 Å². The van der Waals surface area contributed by atoms with Crippen LogP contribution in [0.3, 0.4) is 0 Å². The smallest absolute Gasteiger partial charge is 0.166 e. The molecule has 0 atom stereocenters. The van der Waals surface area contributed by atoms with Crippen molar-refractivity contribution in [3.8, 4) is 5.75 Å². The minimum absolute atomic E-state index is 0.655. The van der Waals surface area contributed by atoms with Gasteiger partial charge in [0.2, 0.25) is 0 Å². The summed E-state index contributed by atoms with van der Waals surface area (Å²) in [6, 6.07) is 9.85. The fourth-order valence-corrected chi connectivity index (χ4v) is 2.17. The first-order valence-electron chi connectivity index (χ1n) is 6.51. The fraction of sp³-hybridized carbons (Fsp3) is 0.312. The number of hydrogen-bond donors (Lipinski definition) is 0. The molecule has 19 heavy (non-hydrogen) atoms. The molecule has 0 saturated heterocycles. The van der Waals surface area contributed by atoms with Crippen molar-refractivity contribution in [2.75, 3.05) is 6.61 Å². The standard InChI is InChI=1S/C16H19NO2/c1-13-6-3-7-14(2)16(13)19-11-5-10-17-9-4-8-15(17)12-18/h3-4,6-9,12H,5,10-11H2,1-2H3. The van der Waals surface area contributed by atoms with E-state index in [2.05, 4.69) is 26.0 Å². The molecule has 0 fully saturated rings. The van der Waals surface area contributed by atoms with Gasteiger partial charge in [-0.25, -0.2) is 0 Å². The highest BCUT2D eigenvalue weighted by molar-refractivity contribution is 5.72. The number of rotatable bonds is 6. The van der Waals surface area contributed by atoms with Gasteiger partial charge in [0, 0.05) is 12.7 Å². The lowest BCUT2D eigenvalue weighted by atomic mass is 10.1. The summed E-state index contributed by atoms with van der Waals surface area (Å²) in [6.45, 7) is 5.56. The summed E-state index contributed by atoms with van der Waals surface area (Å²) >= 11 is 0. The predicted octanol–water partition coefficient (Wildman–Crippen LogP) is 3.39. The van der Waals surface area contributed by atoms with Crippen molar-refractivity contribution < 1.29 is 9.53 Å². The molecule has 0 radical (unpaired) electrons. The maximum atomic E-state index is 10.8. The Bertz CT molecular complexity index is 537. The molecule has 0 saturated carbocycles. The number of aromatic nitrogens is 1. The van der Waals surface area contributed by atoms with Crippen LogP contribution < -0.4 is 4.74 Å². The van der Waals surface area contributed by atoms with Gasteiger partial charge in [0.1, 0.15) is 5.75 Å². The molecule has 2 rings (SSSR count). The van der Waals surface area contributed by atoms with Crippen molar-refractivity contribution >= 4 is 6.29 Å². The van der Waals surface area contributed by atoms with Gasteiger partial charge >= 0.3 is 0 Å². The zero-order valence-electron chi connectivity index (χ0n) is 11.4. The van der Waals surface area contributed by atoms with Crippen molar-refractivity contribution in [1.29, 1.82) is 0 Å². The van der Waals surface area contributed by atoms with Crippen molar-refractivity contribution in [3.05, 3.63) is 53.3 Å². The molecule has 2 aromatic rings. The Morgan fingerprint density at radius 1 is 1.16 bits per heavy atom. The van der Waals surface area contributed by atoms with E-state index in [1.807, 2.05) is 29.0 Å². The van der Waals surface area contributed by atoms with E-state index in [1.54, 1.807) is 0 Å². The molecule has 0 aliphatic heterocycles. The van der Waals surface area contributed by atoms with Gasteiger partial charge in [-0.3, -0.25) is 4.79 Å². The van der Waals surface area contributed by atoms with Gasteiger partial charge in [-0.15, -0.1) is 0 Å². The van der Waals surface area contributed by atoms with Crippen LogP contribution in [0.4, 0.5) is 0 Å². The molecule has 1 aromatic carbocycles. The number of aryl methyl sites for hydroxylation is 3. The minimum atomic E-state index is 0.655. The summed E-state index contributed by atoms with van der Waals surface area (Å²) in [5, 5.41) is 0. The van der Waals surface area contributed by atoms with Crippen LogP contribution in [-0.2, 0) is 6.54 Å². The first kappa shape index (κ1) is 13.4. The molecule has 0 aliphatic rings. The highest BCUT2D eigenvalue weighted by Crippen LogP contribution is 2.22. The van der Waals surface area contributed by atoms with E-state index in [4.69, 9.17) is 4.74 Å². The summed E-state index contributed by atoms with van der Waals surface area (Å²) < 4.78 is 7.78. The van der Waals surface area contributed by atoms with Crippen LogP contribution in [0, 0.1) is 13.8 Å². The molecule has 3 nitrogen and oxygen atoms in total. The molecule has 0 amide bonds. The Balaban J connectivity index is 1.86. The van der Waals surface area contributed by atoms with Gasteiger partial charge in [-0.05, 0) is 43.5 Å². The highest BCUT2D eigenvalue weighted by atomic mass is 16.5. The summed E-state index contributed by atoms with van der Waals surface area (Å²) in [4.78, 5) is 10.8. The first-order valence-corrected chi connectivity index (χ1v) is 6.51. The third-order valence-electron chi connectivity index (χ3n) is 3.18. The molecule has 0 N–H and O–H groups in total. The second kappa shape index (κ2) is 6.23. The number of para-hydroxylation sites is 1. The Morgan fingerprint density at radius 2 is 1.89 bits per heavy atom. The van der Waals surface area contributed by atoms with Gasteiger partial charge in [-0.1, -0.05) is 18.2 Å². The number of aldehydes is 1. The van der Waals surface area contributed by atoms with E-state index in [-0.39, 0.29) is 0 Å². The molecule has 1 aromatic heterocycles. The SMILES string of the molecule is Cc1cccc(C)c1OCCCn1cccc1C=O. The normalized spacial score (nSPS) is 10.4. The predicted molar refractivity (Wildman–Crippen MR) is 75.8 cm³/mol. The van der Waals surface area contributed by atoms with Crippen LogP contribution in [0.25, 0.3) is 0 Å². The van der Waals surface area contributed by atoms with Crippen LogP contribution in [0.15, 0.2) is 36.5 Å². The number of carbonyl (C=O) groups excluding carboxylic acids is 1. The lowest BCUT2D eigenvalue weighted by molar-refractivity contribution is 0.111. The molecule has 0 bridgehead atoms. The van der Waals surface area contributed by atoms with E-state index in [0.29, 0.717) is 12.3 Å². The van der Waals surface area contributed by atoms with Gasteiger partial charge in [-0.2, -0.15) is 0 Å². The number of nitrogens with zero attached hydrogens (tertiary/aromatic N) is 1. The molecular weight excluding hydrogens is 238 g/mol. The third kappa shape index (κ3) is 3.25. The van der Waals surface area contributed by atoms with E-state index >= 15 is 0 Å². The van der Waals surface area contributed by atoms with E-state index in [9.17, 15) is 4.79 Å². The third-order valence-corrected chi connectivity index (χ3v) is 3.18. The first-order chi connectivity index (χ1) is 9.22. The van der Waals surface area contributed by atoms with Crippen molar-refractivity contribution in [3.63, 3.8) is 0 Å². The van der Waals surface area contributed by atoms with Crippen molar-refractivity contribution in [2.45, 2.75) is 26.8 Å². The van der Waals surface area contributed by atoms with Gasteiger partial charge in [0.05, 0.1) is 12.3 Å². The largest absolute Gasteiger partial charge is 0.493 e. The second-order valence-corrected chi connectivity index (χ2v) is 4.67. The minimum Gasteiger partial charge on any atom is -0.493 e. The quantitative estimate of drug-likeness (QED) is 0.586. The average molecular weight is 257 g/mol. The van der Waals surface area contributed by atoms with Gasteiger partial charge in [0.25, 0.3) is 0 Å². The van der Waals surface area contributed by atoms with Crippen LogP contribution in [0.5, 0.6) is 5.75 Å². The second-order valence-electron chi connectivity index (χ2n) is 4.67. The molecule has 0 aliphatic carbocycles. The number of hydrogen-bond acceptors (Lipinski definition) is 2. The van der Waals surface area contributed by atoms with Gasteiger partial charge < -0.3 is 9.30 Å². The lowest BCUT2D eigenvalue weighted by Gasteiger charge is -2.12. The maximum Gasteiger partial charge on any atom is 0.166 e. The maximum absolute atomic E-state index is 10.8. The number of carbonyl (C=O) groups is 1. The highest BCUT2D eigenvalue weighted by Gasteiger charge is 2.03. The molecular formula is C16H19NO2. The Kier molecular flexibility index (Phi) is 4.39. The zero-order chi connectivity index (χ0) is 13.7. The molecule has 0 unspecified atom stereocenters. The van der Waals surface area contributed by atoms with E-state index < -0.39 is 0 Å². The van der Waals surface area contributed by atoms with E-state index in [0.717, 1.165) is 36.1 Å². The molecule has 0 spiro atoms. The summed E-state index contributed by atoms with van der Waals surface area (Å²) in [5.41, 5.74) is 3.04. The van der Waals surface area contributed by atoms with Crippen LogP contribution >= 0.6 is 0 Å². The van der Waals surface area contributed by atoms with Crippen molar-refractivity contribution in [1.82, 2.24) is 4.57 Å². The van der Waals surface area contributed by atoms with Crippen LogP contribution in [-0.4, -0.2) is 17.5 Å².